The van der Waals surface area contributed by atoms with Gasteiger partial charge in [-0.15, -0.1) is 0 Å². The maximum Gasteiger partial charge on any atom is 0.420 e. The Morgan fingerprint density at radius 2 is 1.68 bits per heavy atom. The Bertz CT molecular complexity index is 1520. The second-order valence-corrected chi connectivity index (χ2v) is 8.30. The lowest BCUT2D eigenvalue weighted by atomic mass is 10.0. The fourth-order valence-electron chi connectivity index (χ4n) is 4.08. The number of allylic oxidation sites excluding steroid dienone is 3. The van der Waals surface area contributed by atoms with Crippen LogP contribution in [0.5, 0.6) is 5.75 Å². The number of nitrogens with zero attached hydrogens (tertiary/aromatic N) is 3. The fourth-order valence-corrected chi connectivity index (χ4v) is 4.08. The molecule has 2 aromatic heterocycles. The number of hydrogen-bond donors (Lipinski definition) is 1. The van der Waals surface area contributed by atoms with Crippen molar-refractivity contribution in [3.05, 3.63) is 82.0 Å². The van der Waals surface area contributed by atoms with Crippen molar-refractivity contribution >= 4 is 11.6 Å². The van der Waals surface area contributed by atoms with Gasteiger partial charge in [-0.1, -0.05) is 6.08 Å². The van der Waals surface area contributed by atoms with E-state index < -0.39 is 47.9 Å². The van der Waals surface area contributed by atoms with Gasteiger partial charge in [0, 0.05) is 30.8 Å². The summed E-state index contributed by atoms with van der Waals surface area (Å²) >= 11 is 0. The monoisotopic (exact) mass is 572 g/mol. The van der Waals surface area contributed by atoms with E-state index in [1.54, 1.807) is 0 Å². The SMILES string of the molecule is Cn1c(-c2ccc(OC(F)F)cc2)c(NC(=O)C2=CC=C(OC(F)F)CC2)c(=O)n1-c1ncccc1C(F)(F)F. The van der Waals surface area contributed by atoms with E-state index in [2.05, 4.69) is 19.8 Å². The summed E-state index contributed by atoms with van der Waals surface area (Å²) in [5.74, 6) is -1.87. The van der Waals surface area contributed by atoms with Gasteiger partial charge in [-0.2, -0.15) is 35.4 Å². The summed E-state index contributed by atoms with van der Waals surface area (Å²) < 4.78 is 102. The normalized spacial score (nSPS) is 13.8. The Morgan fingerprint density at radius 1 is 1.00 bits per heavy atom. The average Bonchev–Trinajstić information content (AvgIpc) is 3.12. The third-order valence-electron chi connectivity index (χ3n) is 5.79. The van der Waals surface area contributed by atoms with E-state index in [1.165, 1.54) is 31.3 Å². The number of alkyl halides is 7. The first kappa shape index (κ1) is 28.4. The lowest BCUT2D eigenvalue weighted by molar-refractivity contribution is -0.137. The van der Waals surface area contributed by atoms with E-state index in [0.29, 0.717) is 4.68 Å². The summed E-state index contributed by atoms with van der Waals surface area (Å²) in [5.41, 5.74) is -2.57. The van der Waals surface area contributed by atoms with Crippen molar-refractivity contribution in [2.45, 2.75) is 32.2 Å². The number of aromatic nitrogens is 3. The van der Waals surface area contributed by atoms with Crippen LogP contribution < -0.4 is 15.6 Å². The smallest absolute Gasteiger partial charge is 0.420 e. The van der Waals surface area contributed by atoms with Gasteiger partial charge in [0.15, 0.2) is 5.82 Å². The maximum atomic E-state index is 13.8. The Labute approximate surface area is 220 Å². The number of hydrogen-bond acceptors (Lipinski definition) is 5. The van der Waals surface area contributed by atoms with Gasteiger partial charge >= 0.3 is 19.4 Å². The van der Waals surface area contributed by atoms with Gasteiger partial charge in [-0.05, 0) is 48.9 Å². The first-order chi connectivity index (χ1) is 18.9. The molecule has 1 amide bonds. The highest BCUT2D eigenvalue weighted by molar-refractivity contribution is 6.05. The molecule has 40 heavy (non-hydrogen) atoms. The predicted molar refractivity (Wildman–Crippen MR) is 127 cm³/mol. The second kappa shape index (κ2) is 11.3. The first-order valence-corrected chi connectivity index (χ1v) is 11.4. The molecule has 0 spiro atoms. The minimum Gasteiger partial charge on any atom is -0.439 e. The van der Waals surface area contributed by atoms with E-state index in [1.807, 2.05) is 0 Å². The highest BCUT2D eigenvalue weighted by atomic mass is 19.4. The highest BCUT2D eigenvalue weighted by Gasteiger charge is 2.36. The molecule has 212 valence electrons. The largest absolute Gasteiger partial charge is 0.439 e. The predicted octanol–water partition coefficient (Wildman–Crippen LogP) is 5.64. The molecular formula is C25H19F7N4O4. The van der Waals surface area contributed by atoms with Gasteiger partial charge in [-0.3, -0.25) is 14.3 Å². The van der Waals surface area contributed by atoms with Gasteiger partial charge in [0.25, 0.3) is 11.5 Å². The van der Waals surface area contributed by atoms with Crippen LogP contribution in [0.3, 0.4) is 0 Å². The third kappa shape index (κ3) is 6.02. The Morgan fingerprint density at radius 3 is 2.25 bits per heavy atom. The minimum absolute atomic E-state index is 0.0289. The molecule has 3 aromatic rings. The second-order valence-electron chi connectivity index (χ2n) is 8.30. The molecule has 15 heteroatoms. The summed E-state index contributed by atoms with van der Waals surface area (Å²) in [6.07, 6.45) is -1.52. The van der Waals surface area contributed by atoms with E-state index in [-0.39, 0.29) is 41.2 Å². The van der Waals surface area contributed by atoms with Crippen LogP contribution in [-0.4, -0.2) is 33.5 Å². The molecule has 2 heterocycles. The van der Waals surface area contributed by atoms with Crippen LogP contribution in [0.15, 0.2) is 70.9 Å². The molecule has 0 aliphatic heterocycles. The number of pyridine rings is 1. The van der Waals surface area contributed by atoms with Crippen molar-refractivity contribution in [3.8, 4) is 22.8 Å². The molecular weight excluding hydrogens is 553 g/mol. The van der Waals surface area contributed by atoms with Crippen LogP contribution in [0.1, 0.15) is 18.4 Å². The standard InChI is InChI=1S/C25H19F7N4O4/c1-35-19(13-4-8-15(9-5-13)39-23(26)27)18(34-21(37)14-6-10-16(11-7-14)40-24(28)29)22(38)36(35)20-17(25(30,31)32)3-2-12-33-20/h2-6,8-10,12,23-24H,7,11H2,1H3,(H,34,37). The molecule has 0 radical (unpaired) electrons. The number of carbonyl (C=O) groups is 1. The molecule has 0 saturated heterocycles. The molecule has 0 atom stereocenters. The van der Waals surface area contributed by atoms with Crippen LogP contribution in [-0.2, 0) is 22.8 Å². The summed E-state index contributed by atoms with van der Waals surface area (Å²) in [5, 5.41) is 2.40. The molecule has 1 aliphatic carbocycles. The molecule has 1 aliphatic rings. The molecule has 1 N–H and O–H groups in total. The summed E-state index contributed by atoms with van der Waals surface area (Å²) in [7, 11) is 1.25. The van der Waals surface area contributed by atoms with Crippen LogP contribution in [0.25, 0.3) is 17.1 Å². The minimum atomic E-state index is -4.89. The van der Waals surface area contributed by atoms with Gasteiger partial charge in [0.05, 0.1) is 5.69 Å². The Balaban J connectivity index is 1.83. The highest BCUT2D eigenvalue weighted by Crippen LogP contribution is 2.35. The molecule has 8 nitrogen and oxygen atoms in total. The molecule has 0 fully saturated rings. The van der Waals surface area contributed by atoms with Crippen LogP contribution in [0, 0.1) is 0 Å². The number of halogens is 7. The molecule has 0 saturated carbocycles. The van der Waals surface area contributed by atoms with Gasteiger partial charge in [0.1, 0.15) is 22.8 Å². The summed E-state index contributed by atoms with van der Waals surface area (Å²) in [6, 6.07) is 6.61. The molecule has 0 unspecified atom stereocenters. The number of amides is 1. The molecule has 1 aromatic carbocycles. The lowest BCUT2D eigenvalue weighted by Crippen LogP contribution is -2.26. The lowest BCUT2D eigenvalue weighted by Gasteiger charge is -2.15. The van der Waals surface area contributed by atoms with Gasteiger partial charge in [0.2, 0.25) is 0 Å². The zero-order valence-corrected chi connectivity index (χ0v) is 20.4. The van der Waals surface area contributed by atoms with Crippen molar-refractivity contribution in [3.63, 3.8) is 0 Å². The van der Waals surface area contributed by atoms with Crippen molar-refractivity contribution in [1.82, 2.24) is 14.3 Å². The molecule has 0 bridgehead atoms. The average molecular weight is 572 g/mol. The van der Waals surface area contributed by atoms with Crippen LogP contribution >= 0.6 is 0 Å². The van der Waals surface area contributed by atoms with Crippen molar-refractivity contribution in [1.29, 1.82) is 0 Å². The first-order valence-electron chi connectivity index (χ1n) is 11.4. The zero-order chi connectivity index (χ0) is 29.2. The van der Waals surface area contributed by atoms with Gasteiger partial charge in [-0.25, -0.2) is 4.98 Å². The Kier molecular flexibility index (Phi) is 8.02. The van der Waals surface area contributed by atoms with E-state index >= 15 is 0 Å². The van der Waals surface area contributed by atoms with Crippen molar-refractivity contribution in [2.75, 3.05) is 5.32 Å². The number of benzene rings is 1. The zero-order valence-electron chi connectivity index (χ0n) is 20.4. The van der Waals surface area contributed by atoms with E-state index in [4.69, 9.17) is 0 Å². The quantitative estimate of drug-likeness (QED) is 0.353. The van der Waals surface area contributed by atoms with E-state index in [9.17, 15) is 40.3 Å². The maximum absolute atomic E-state index is 13.8. The van der Waals surface area contributed by atoms with Crippen molar-refractivity contribution < 1.29 is 45.0 Å². The summed E-state index contributed by atoms with van der Waals surface area (Å²) in [6.45, 7) is -6.16. The number of rotatable bonds is 8. The van der Waals surface area contributed by atoms with E-state index in [0.717, 1.165) is 35.1 Å². The number of anilines is 1. The third-order valence-corrected chi connectivity index (χ3v) is 5.79. The summed E-state index contributed by atoms with van der Waals surface area (Å²) in [4.78, 5) is 30.3. The number of nitrogens with one attached hydrogen (secondary N) is 1. The van der Waals surface area contributed by atoms with Crippen molar-refractivity contribution in [2.24, 2.45) is 7.05 Å². The van der Waals surface area contributed by atoms with Gasteiger partial charge < -0.3 is 14.8 Å². The Hall–Kier alpha value is -4.56. The number of ether oxygens (including phenoxy) is 2. The fraction of sp³-hybridized carbons (Fsp3) is 0.240. The van der Waals surface area contributed by atoms with Crippen LogP contribution in [0.2, 0.25) is 0 Å². The number of carbonyl (C=O) groups excluding carboxylic acids is 1. The molecule has 4 rings (SSSR count). The topological polar surface area (TPSA) is 87.4 Å². The van der Waals surface area contributed by atoms with Crippen LogP contribution in [0.4, 0.5) is 36.4 Å².